The lowest BCUT2D eigenvalue weighted by Crippen LogP contribution is -2.08. The number of aromatic nitrogens is 2. The first-order chi connectivity index (χ1) is 8.24. The second-order valence-electron chi connectivity index (χ2n) is 4.38. The van der Waals surface area contributed by atoms with Gasteiger partial charge in [-0.05, 0) is 18.8 Å². The van der Waals surface area contributed by atoms with E-state index >= 15 is 0 Å². The van der Waals surface area contributed by atoms with Crippen molar-refractivity contribution in [2.24, 2.45) is 0 Å². The minimum Gasteiger partial charge on any atom is -0.381 e. The molecule has 0 aliphatic heterocycles. The first-order valence-corrected chi connectivity index (χ1v) is 6.37. The van der Waals surface area contributed by atoms with Crippen LogP contribution in [0.2, 0.25) is 0 Å². The van der Waals surface area contributed by atoms with Crippen LogP contribution in [0.3, 0.4) is 0 Å². The summed E-state index contributed by atoms with van der Waals surface area (Å²) in [7, 11) is 0. The third-order valence-corrected chi connectivity index (χ3v) is 2.40. The van der Waals surface area contributed by atoms with Crippen molar-refractivity contribution in [3.8, 4) is 0 Å². The SMILES string of the molecule is CCCOCCCNc1cc(C(C)C)ncn1. The lowest BCUT2D eigenvalue weighted by Gasteiger charge is -2.08. The molecule has 0 spiro atoms. The highest BCUT2D eigenvalue weighted by atomic mass is 16.5. The van der Waals surface area contributed by atoms with Crippen LogP contribution in [0, 0.1) is 0 Å². The largest absolute Gasteiger partial charge is 0.381 e. The zero-order chi connectivity index (χ0) is 12.5. The standard InChI is InChI=1S/C13H23N3O/c1-4-7-17-8-5-6-14-13-9-12(11(2)3)15-10-16-13/h9-11H,4-8H2,1-3H3,(H,14,15,16). The van der Waals surface area contributed by atoms with E-state index in [0.717, 1.165) is 44.1 Å². The number of hydrogen-bond acceptors (Lipinski definition) is 4. The van der Waals surface area contributed by atoms with Crippen LogP contribution in [0.5, 0.6) is 0 Å². The summed E-state index contributed by atoms with van der Waals surface area (Å²) < 4.78 is 5.41. The minimum absolute atomic E-state index is 0.437. The molecule has 0 radical (unpaired) electrons. The predicted octanol–water partition coefficient (Wildman–Crippen LogP) is 2.83. The molecular weight excluding hydrogens is 214 g/mol. The fraction of sp³-hybridized carbons (Fsp3) is 0.692. The molecule has 0 saturated carbocycles. The van der Waals surface area contributed by atoms with Gasteiger partial charge in [-0.25, -0.2) is 9.97 Å². The quantitative estimate of drug-likeness (QED) is 0.706. The maximum Gasteiger partial charge on any atom is 0.129 e. The summed E-state index contributed by atoms with van der Waals surface area (Å²) in [6.07, 6.45) is 3.70. The molecule has 1 aromatic rings. The zero-order valence-corrected chi connectivity index (χ0v) is 11.1. The van der Waals surface area contributed by atoms with Crippen LogP contribution < -0.4 is 5.32 Å². The molecular formula is C13H23N3O. The molecule has 0 aliphatic carbocycles. The predicted molar refractivity (Wildman–Crippen MR) is 70.3 cm³/mol. The molecule has 0 atom stereocenters. The van der Waals surface area contributed by atoms with E-state index in [1.54, 1.807) is 6.33 Å². The van der Waals surface area contributed by atoms with Crippen LogP contribution in [0.15, 0.2) is 12.4 Å². The van der Waals surface area contributed by atoms with Gasteiger partial charge in [0.05, 0.1) is 0 Å². The van der Waals surface area contributed by atoms with Crippen molar-refractivity contribution >= 4 is 5.82 Å². The summed E-state index contributed by atoms with van der Waals surface area (Å²) in [6, 6.07) is 2.01. The first-order valence-electron chi connectivity index (χ1n) is 6.37. The summed E-state index contributed by atoms with van der Waals surface area (Å²) in [5.74, 6) is 1.34. The van der Waals surface area contributed by atoms with Crippen molar-refractivity contribution in [1.29, 1.82) is 0 Å². The number of hydrogen-bond donors (Lipinski definition) is 1. The van der Waals surface area contributed by atoms with Crippen LogP contribution >= 0.6 is 0 Å². The van der Waals surface area contributed by atoms with Gasteiger partial charge < -0.3 is 10.1 Å². The summed E-state index contributed by atoms with van der Waals surface area (Å²) in [6.45, 7) is 8.92. The molecule has 1 heterocycles. The van der Waals surface area contributed by atoms with Crippen molar-refractivity contribution in [3.05, 3.63) is 18.1 Å². The number of anilines is 1. The van der Waals surface area contributed by atoms with Gasteiger partial charge in [0.1, 0.15) is 12.1 Å². The fourth-order valence-electron chi connectivity index (χ4n) is 1.42. The van der Waals surface area contributed by atoms with Crippen molar-refractivity contribution in [3.63, 3.8) is 0 Å². The normalized spacial score (nSPS) is 10.8. The van der Waals surface area contributed by atoms with Gasteiger partial charge in [0.15, 0.2) is 0 Å². The molecule has 96 valence electrons. The highest BCUT2D eigenvalue weighted by Gasteiger charge is 2.02. The highest BCUT2D eigenvalue weighted by molar-refractivity contribution is 5.35. The number of nitrogens with zero attached hydrogens (tertiary/aromatic N) is 2. The Balaban J connectivity index is 2.24. The van der Waals surface area contributed by atoms with Crippen LogP contribution in [-0.2, 0) is 4.74 Å². The van der Waals surface area contributed by atoms with Crippen LogP contribution in [-0.4, -0.2) is 29.7 Å². The van der Waals surface area contributed by atoms with Gasteiger partial charge in [-0.2, -0.15) is 0 Å². The topological polar surface area (TPSA) is 47.0 Å². The molecule has 1 aromatic heterocycles. The highest BCUT2D eigenvalue weighted by Crippen LogP contribution is 2.13. The summed E-state index contributed by atoms with van der Waals surface area (Å²) in [4.78, 5) is 8.42. The van der Waals surface area contributed by atoms with Gasteiger partial charge in [0, 0.05) is 31.5 Å². The summed E-state index contributed by atoms with van der Waals surface area (Å²) >= 11 is 0. The smallest absolute Gasteiger partial charge is 0.129 e. The molecule has 17 heavy (non-hydrogen) atoms. The van der Waals surface area contributed by atoms with Gasteiger partial charge in [0.2, 0.25) is 0 Å². The molecule has 4 nitrogen and oxygen atoms in total. The molecule has 0 saturated heterocycles. The number of rotatable bonds is 8. The van der Waals surface area contributed by atoms with E-state index in [9.17, 15) is 0 Å². The second-order valence-corrected chi connectivity index (χ2v) is 4.38. The average Bonchev–Trinajstić information content (AvgIpc) is 2.34. The molecule has 0 unspecified atom stereocenters. The lowest BCUT2D eigenvalue weighted by molar-refractivity contribution is 0.134. The van der Waals surface area contributed by atoms with E-state index in [4.69, 9.17) is 4.74 Å². The van der Waals surface area contributed by atoms with E-state index in [2.05, 4.69) is 36.1 Å². The monoisotopic (exact) mass is 237 g/mol. The van der Waals surface area contributed by atoms with E-state index < -0.39 is 0 Å². The number of ether oxygens (including phenoxy) is 1. The Morgan fingerprint density at radius 3 is 2.82 bits per heavy atom. The third kappa shape index (κ3) is 5.63. The molecule has 1 N–H and O–H groups in total. The second kappa shape index (κ2) is 8.01. The molecule has 1 rings (SSSR count). The minimum atomic E-state index is 0.437. The maximum absolute atomic E-state index is 5.41. The average molecular weight is 237 g/mol. The zero-order valence-electron chi connectivity index (χ0n) is 11.1. The molecule has 0 amide bonds. The van der Waals surface area contributed by atoms with Crippen molar-refractivity contribution in [2.45, 2.75) is 39.5 Å². The van der Waals surface area contributed by atoms with E-state index in [-0.39, 0.29) is 0 Å². The number of nitrogens with one attached hydrogen (secondary N) is 1. The van der Waals surface area contributed by atoms with Gasteiger partial charge in [-0.1, -0.05) is 20.8 Å². The Bertz CT molecular complexity index is 315. The molecule has 0 aliphatic rings. The molecule has 0 fully saturated rings. The van der Waals surface area contributed by atoms with Gasteiger partial charge in [-0.15, -0.1) is 0 Å². The Kier molecular flexibility index (Phi) is 6.55. The van der Waals surface area contributed by atoms with Crippen molar-refractivity contribution < 1.29 is 4.74 Å². The van der Waals surface area contributed by atoms with Crippen molar-refractivity contribution in [2.75, 3.05) is 25.1 Å². The lowest BCUT2D eigenvalue weighted by atomic mass is 10.1. The van der Waals surface area contributed by atoms with Crippen LogP contribution in [0.25, 0.3) is 0 Å². The first kappa shape index (κ1) is 13.9. The Hall–Kier alpha value is -1.16. The van der Waals surface area contributed by atoms with Crippen molar-refractivity contribution in [1.82, 2.24) is 9.97 Å². The molecule has 4 heteroatoms. The van der Waals surface area contributed by atoms with Crippen LogP contribution in [0.4, 0.5) is 5.82 Å². The molecule has 0 bridgehead atoms. The maximum atomic E-state index is 5.41. The molecule has 0 aromatic carbocycles. The summed E-state index contributed by atoms with van der Waals surface area (Å²) in [5.41, 5.74) is 1.07. The Morgan fingerprint density at radius 2 is 2.12 bits per heavy atom. The van der Waals surface area contributed by atoms with E-state index in [1.165, 1.54) is 0 Å². The third-order valence-electron chi connectivity index (χ3n) is 2.40. The summed E-state index contributed by atoms with van der Waals surface area (Å²) in [5, 5.41) is 3.29. The van der Waals surface area contributed by atoms with Gasteiger partial charge >= 0.3 is 0 Å². The van der Waals surface area contributed by atoms with E-state index in [1.807, 2.05) is 6.07 Å². The van der Waals surface area contributed by atoms with Gasteiger partial charge in [0.25, 0.3) is 0 Å². The fourth-order valence-corrected chi connectivity index (χ4v) is 1.42. The Labute approximate surface area is 104 Å². The Morgan fingerprint density at radius 1 is 1.29 bits per heavy atom. The van der Waals surface area contributed by atoms with E-state index in [0.29, 0.717) is 5.92 Å². The van der Waals surface area contributed by atoms with Gasteiger partial charge in [-0.3, -0.25) is 0 Å². The van der Waals surface area contributed by atoms with Crippen LogP contribution in [0.1, 0.15) is 45.2 Å².